The van der Waals surface area contributed by atoms with Gasteiger partial charge in [0.25, 0.3) is 0 Å². The van der Waals surface area contributed by atoms with Crippen molar-refractivity contribution in [3.63, 3.8) is 0 Å². The van der Waals surface area contributed by atoms with Gasteiger partial charge in [-0.15, -0.1) is 0 Å². The van der Waals surface area contributed by atoms with Crippen LogP contribution in [0.15, 0.2) is 12.7 Å². The van der Waals surface area contributed by atoms with E-state index in [1.807, 2.05) is 0 Å². The molecule has 0 aromatic carbocycles. The van der Waals surface area contributed by atoms with Gasteiger partial charge in [-0.1, -0.05) is 6.58 Å². The minimum absolute atomic E-state index is 0.110. The van der Waals surface area contributed by atoms with Crippen molar-refractivity contribution in [1.29, 1.82) is 0 Å². The molecule has 3 aliphatic carbocycles. The van der Waals surface area contributed by atoms with E-state index in [9.17, 15) is 9.59 Å². The topological polar surface area (TPSA) is 56.9 Å². The molecule has 1 spiro atoms. The lowest BCUT2D eigenvalue weighted by Crippen LogP contribution is -2.57. The molecule has 6 atom stereocenters. The molecule has 4 rings (SSSR count). The van der Waals surface area contributed by atoms with Crippen molar-refractivity contribution in [3.8, 4) is 0 Å². The number of esters is 2. The van der Waals surface area contributed by atoms with E-state index in [4.69, 9.17) is 9.47 Å². The molecule has 4 fully saturated rings. The summed E-state index contributed by atoms with van der Waals surface area (Å²) < 4.78 is 10.8. The van der Waals surface area contributed by atoms with Crippen LogP contribution >= 0.6 is 0 Å². The second-order valence-corrected chi connectivity index (χ2v) is 5.36. The number of carbonyl (C=O) groups is 1. The SMILES string of the molecule is C=CC(=O)OC1C2OC(=[OH+])C3CC4CC41C32. The van der Waals surface area contributed by atoms with Gasteiger partial charge in [-0.2, -0.15) is 0 Å². The Kier molecular flexibility index (Phi) is 1.28. The molecule has 16 heavy (non-hydrogen) atoms. The summed E-state index contributed by atoms with van der Waals surface area (Å²) >= 11 is 0. The van der Waals surface area contributed by atoms with Gasteiger partial charge in [0, 0.05) is 11.5 Å². The summed E-state index contributed by atoms with van der Waals surface area (Å²) in [6.07, 6.45) is 3.03. The third-order valence-corrected chi connectivity index (χ3v) is 4.96. The first-order chi connectivity index (χ1) is 7.68. The van der Waals surface area contributed by atoms with E-state index in [1.54, 1.807) is 0 Å². The Bertz CT molecular complexity index is 429. The highest BCUT2D eigenvalue weighted by molar-refractivity contribution is 5.83. The number of rotatable bonds is 2. The van der Waals surface area contributed by atoms with Gasteiger partial charge < -0.3 is 14.3 Å². The molecule has 1 saturated heterocycles. The minimum atomic E-state index is -0.387. The molecule has 1 heterocycles. The monoisotopic (exact) mass is 221 g/mol. The van der Waals surface area contributed by atoms with Crippen LogP contribution in [0, 0.1) is 23.2 Å². The maximum Gasteiger partial charge on any atom is 0.486 e. The predicted octanol–water partition coefficient (Wildman–Crippen LogP) is 0.641. The maximum absolute atomic E-state index is 11.3. The third kappa shape index (κ3) is 0.701. The van der Waals surface area contributed by atoms with Crippen LogP contribution < -0.4 is 0 Å². The van der Waals surface area contributed by atoms with Crippen LogP contribution in [0.3, 0.4) is 0 Å². The average Bonchev–Trinajstić information content (AvgIpc) is 2.82. The number of carbonyl (C=O) groups excluding carboxylic acids is 2. The van der Waals surface area contributed by atoms with Crippen molar-refractivity contribution in [2.24, 2.45) is 23.2 Å². The summed E-state index contributed by atoms with van der Waals surface area (Å²) in [4.78, 5) is 20.9. The molecule has 0 aromatic heterocycles. The molecule has 4 nitrogen and oxygen atoms in total. The summed E-state index contributed by atoms with van der Waals surface area (Å²) in [5, 5.41) is 0. The van der Waals surface area contributed by atoms with Crippen molar-refractivity contribution >= 4 is 11.9 Å². The van der Waals surface area contributed by atoms with Crippen molar-refractivity contribution in [2.45, 2.75) is 25.0 Å². The highest BCUT2D eigenvalue weighted by Crippen LogP contribution is 2.80. The normalized spacial score (nSPS) is 54.5. The lowest BCUT2D eigenvalue weighted by Gasteiger charge is -2.42. The fourth-order valence-electron chi connectivity index (χ4n) is 4.32. The van der Waals surface area contributed by atoms with Gasteiger partial charge in [-0.25, -0.2) is 4.79 Å². The Morgan fingerprint density at radius 1 is 1.69 bits per heavy atom. The van der Waals surface area contributed by atoms with Gasteiger partial charge in [-0.3, -0.25) is 0 Å². The molecule has 4 aliphatic rings. The molecule has 0 bridgehead atoms. The van der Waals surface area contributed by atoms with Gasteiger partial charge in [0.05, 0.1) is 5.92 Å². The molecule has 1 aliphatic heterocycles. The first kappa shape index (κ1) is 8.79. The Morgan fingerprint density at radius 3 is 3.25 bits per heavy atom. The van der Waals surface area contributed by atoms with Gasteiger partial charge in [0.1, 0.15) is 5.92 Å². The molecule has 84 valence electrons. The minimum Gasteiger partial charge on any atom is -0.452 e. The van der Waals surface area contributed by atoms with Gasteiger partial charge in [0.15, 0.2) is 6.10 Å². The Hall–Kier alpha value is -1.32. The van der Waals surface area contributed by atoms with Crippen LogP contribution in [0.25, 0.3) is 0 Å². The zero-order valence-electron chi connectivity index (χ0n) is 8.76. The lowest BCUT2D eigenvalue weighted by molar-refractivity contribution is -0.185. The quantitative estimate of drug-likeness (QED) is 0.390. The van der Waals surface area contributed by atoms with E-state index in [-0.39, 0.29) is 35.5 Å². The van der Waals surface area contributed by atoms with E-state index in [2.05, 4.69) is 6.58 Å². The Balaban J connectivity index is 1.65. The molecule has 0 radical (unpaired) electrons. The van der Waals surface area contributed by atoms with Gasteiger partial charge >= 0.3 is 11.9 Å². The highest BCUT2D eigenvalue weighted by Gasteiger charge is 2.89. The van der Waals surface area contributed by atoms with Crippen molar-refractivity contribution in [2.75, 3.05) is 0 Å². The van der Waals surface area contributed by atoms with E-state index in [0.717, 1.165) is 12.8 Å². The van der Waals surface area contributed by atoms with Crippen LogP contribution in [-0.2, 0) is 14.3 Å². The lowest BCUT2D eigenvalue weighted by atomic mass is 9.64. The molecular formula is C12H13O4+. The summed E-state index contributed by atoms with van der Waals surface area (Å²) in [5.41, 5.74) is 0.137. The second kappa shape index (κ2) is 2.34. The molecule has 1 N–H and O–H groups in total. The molecule has 3 saturated carbocycles. The van der Waals surface area contributed by atoms with Crippen LogP contribution in [-0.4, -0.2) is 28.9 Å². The van der Waals surface area contributed by atoms with Gasteiger partial charge in [-0.05, 0) is 18.8 Å². The molecule has 6 unspecified atom stereocenters. The van der Waals surface area contributed by atoms with Crippen molar-refractivity contribution in [1.82, 2.24) is 0 Å². The van der Waals surface area contributed by atoms with Crippen LogP contribution in [0.4, 0.5) is 0 Å². The maximum atomic E-state index is 11.3. The fraction of sp³-hybridized carbons (Fsp3) is 0.667. The molecule has 0 aromatic rings. The summed E-state index contributed by atoms with van der Waals surface area (Å²) in [6, 6.07) is 0. The van der Waals surface area contributed by atoms with Crippen LogP contribution in [0.5, 0.6) is 0 Å². The summed E-state index contributed by atoms with van der Waals surface area (Å²) in [5.74, 6) is 0.982. The third-order valence-electron chi connectivity index (χ3n) is 4.96. The second-order valence-electron chi connectivity index (χ2n) is 5.36. The zero-order chi connectivity index (χ0) is 11.1. The standard InChI is InChI=1S/C12H12O4/c1-2-7(13)15-10-9-8-6(11(14)16-9)3-5-4-12(5,8)10/h2,5-6,8-10H,1,3-4H2/p+1. The summed E-state index contributed by atoms with van der Waals surface area (Å²) in [6.45, 7) is 3.40. The highest BCUT2D eigenvalue weighted by atomic mass is 16.6. The smallest absolute Gasteiger partial charge is 0.452 e. The van der Waals surface area contributed by atoms with E-state index in [0.29, 0.717) is 11.8 Å². The average molecular weight is 221 g/mol. The van der Waals surface area contributed by atoms with Crippen LogP contribution in [0.1, 0.15) is 12.8 Å². The number of hydrogen-bond acceptors (Lipinski definition) is 3. The number of ether oxygens (including phenoxy) is 2. The van der Waals surface area contributed by atoms with E-state index >= 15 is 0 Å². The Morgan fingerprint density at radius 2 is 2.50 bits per heavy atom. The molecular weight excluding hydrogens is 208 g/mol. The first-order valence-corrected chi connectivity index (χ1v) is 5.74. The zero-order valence-corrected chi connectivity index (χ0v) is 8.76. The van der Waals surface area contributed by atoms with E-state index < -0.39 is 0 Å². The number of hydrogen-bond donors (Lipinski definition) is 0. The largest absolute Gasteiger partial charge is 0.486 e. The summed E-state index contributed by atoms with van der Waals surface area (Å²) in [7, 11) is 0. The first-order valence-electron chi connectivity index (χ1n) is 5.74. The van der Waals surface area contributed by atoms with Gasteiger partial charge in [0.2, 0.25) is 6.10 Å². The fourth-order valence-corrected chi connectivity index (χ4v) is 4.32. The predicted molar refractivity (Wildman–Crippen MR) is 54.0 cm³/mol. The van der Waals surface area contributed by atoms with Crippen molar-refractivity contribution in [3.05, 3.63) is 12.7 Å². The molecule has 0 amide bonds. The van der Waals surface area contributed by atoms with E-state index in [1.165, 1.54) is 6.08 Å². The Labute approximate surface area is 92.6 Å². The van der Waals surface area contributed by atoms with Crippen molar-refractivity contribution < 1.29 is 19.1 Å². The van der Waals surface area contributed by atoms with Crippen LogP contribution in [0.2, 0.25) is 0 Å². The molecule has 4 heteroatoms.